The van der Waals surface area contributed by atoms with Gasteiger partial charge in [-0.3, -0.25) is 9.78 Å². The smallest absolute Gasteiger partial charge is 0.338 e. The number of ether oxygens (including phenoxy) is 2. The van der Waals surface area contributed by atoms with E-state index in [9.17, 15) is 14.7 Å². The van der Waals surface area contributed by atoms with E-state index in [1.165, 1.54) is 0 Å². The minimum absolute atomic E-state index is 0.00859. The Morgan fingerprint density at radius 1 is 1.12 bits per heavy atom. The minimum atomic E-state index is -0.801. The average molecular weight is 437 g/mol. The van der Waals surface area contributed by atoms with E-state index in [4.69, 9.17) is 9.47 Å². The summed E-state index contributed by atoms with van der Waals surface area (Å²) < 4.78 is 11.2. The van der Waals surface area contributed by atoms with Crippen molar-refractivity contribution >= 4 is 17.6 Å². The number of carbonyl (C=O) groups excluding carboxylic acids is 2. The number of hydrogen-bond acceptors (Lipinski definition) is 7. The number of anilines is 1. The van der Waals surface area contributed by atoms with Gasteiger partial charge in [0.1, 0.15) is 12.2 Å². The highest BCUT2D eigenvalue weighted by Crippen LogP contribution is 2.35. The number of β-amino-alcohol motifs (C(OH)–C–C–N with tert-alkyl or cyclic N) is 1. The van der Waals surface area contributed by atoms with Gasteiger partial charge in [-0.2, -0.15) is 0 Å². The van der Waals surface area contributed by atoms with Gasteiger partial charge in [0.15, 0.2) is 0 Å². The minimum Gasteiger partial charge on any atom is -0.457 e. The third-order valence-corrected chi connectivity index (χ3v) is 6.96. The molecule has 2 aromatic rings. The quantitative estimate of drug-likeness (QED) is 0.732. The number of benzene rings is 1. The van der Waals surface area contributed by atoms with E-state index in [0.29, 0.717) is 51.2 Å². The van der Waals surface area contributed by atoms with Crippen LogP contribution in [0.3, 0.4) is 0 Å². The molecule has 5 rings (SSSR count). The molecule has 3 aliphatic heterocycles. The van der Waals surface area contributed by atoms with E-state index >= 15 is 0 Å². The predicted molar refractivity (Wildman–Crippen MR) is 116 cm³/mol. The fourth-order valence-corrected chi connectivity index (χ4v) is 5.04. The van der Waals surface area contributed by atoms with Gasteiger partial charge in [-0.25, -0.2) is 4.79 Å². The van der Waals surface area contributed by atoms with Crippen molar-refractivity contribution in [3.8, 4) is 0 Å². The van der Waals surface area contributed by atoms with Crippen molar-refractivity contribution in [3.05, 3.63) is 58.9 Å². The maximum atomic E-state index is 13.3. The Kier molecular flexibility index (Phi) is 5.44. The van der Waals surface area contributed by atoms with Gasteiger partial charge in [0.25, 0.3) is 5.91 Å². The lowest BCUT2D eigenvalue weighted by atomic mass is 9.87. The Labute approximate surface area is 186 Å². The molecule has 1 amide bonds. The van der Waals surface area contributed by atoms with Crippen LogP contribution in [0, 0.1) is 6.92 Å². The number of amides is 1. The summed E-state index contributed by atoms with van der Waals surface area (Å²) in [7, 11) is 0. The van der Waals surface area contributed by atoms with Crippen LogP contribution in [-0.2, 0) is 20.9 Å². The van der Waals surface area contributed by atoms with Gasteiger partial charge in [0.05, 0.1) is 18.3 Å². The molecule has 1 atom stereocenters. The molecule has 1 aromatic carbocycles. The van der Waals surface area contributed by atoms with Crippen LogP contribution in [0.1, 0.15) is 46.0 Å². The normalized spacial score (nSPS) is 21.5. The maximum absolute atomic E-state index is 13.3. The summed E-state index contributed by atoms with van der Waals surface area (Å²) in [6, 6.07) is 7.25. The van der Waals surface area contributed by atoms with Crippen LogP contribution >= 0.6 is 0 Å². The van der Waals surface area contributed by atoms with Crippen LogP contribution in [0.15, 0.2) is 36.7 Å². The van der Waals surface area contributed by atoms with Crippen LogP contribution < -0.4 is 4.90 Å². The van der Waals surface area contributed by atoms with Crippen LogP contribution in [0.4, 0.5) is 5.69 Å². The highest BCUT2D eigenvalue weighted by atomic mass is 16.5. The number of cyclic esters (lactones) is 1. The molecule has 3 aliphatic rings. The molecule has 2 fully saturated rings. The maximum Gasteiger partial charge on any atom is 0.338 e. The number of carbonyl (C=O) groups is 2. The molecule has 2 saturated heterocycles. The molecule has 0 bridgehead atoms. The molecule has 32 heavy (non-hydrogen) atoms. The number of likely N-dealkylation sites (tertiary alicyclic amines) is 1. The van der Waals surface area contributed by atoms with Gasteiger partial charge in [-0.15, -0.1) is 0 Å². The monoisotopic (exact) mass is 437 g/mol. The van der Waals surface area contributed by atoms with E-state index in [2.05, 4.69) is 9.88 Å². The first-order chi connectivity index (χ1) is 15.5. The number of aliphatic hydroxyl groups is 1. The number of morpholine rings is 1. The number of pyridine rings is 1. The van der Waals surface area contributed by atoms with Crippen molar-refractivity contribution in [3.63, 3.8) is 0 Å². The second kappa shape index (κ2) is 8.27. The molecule has 1 N–H and O–H groups in total. The fraction of sp³-hybridized carbons (Fsp3) is 0.458. The second-order valence-corrected chi connectivity index (χ2v) is 8.70. The standard InChI is InChI=1S/C24H27N3O5/c1-16-18(2-3-19-20(16)15-31-22(19)29)21(28)14-26-10-6-24(7-11-26)23(30)27(12-13-32-24)17-4-8-25-9-5-17/h2-5,8-9,21,28H,6-7,10-15H2,1H3. The Bertz CT molecular complexity index is 1030. The van der Waals surface area contributed by atoms with Crippen molar-refractivity contribution in [2.24, 2.45) is 0 Å². The summed E-state index contributed by atoms with van der Waals surface area (Å²) in [5.74, 6) is -0.294. The summed E-state index contributed by atoms with van der Waals surface area (Å²) in [5, 5.41) is 10.9. The third-order valence-electron chi connectivity index (χ3n) is 6.96. The van der Waals surface area contributed by atoms with Crippen LogP contribution in [0.25, 0.3) is 0 Å². The van der Waals surface area contributed by atoms with Crippen molar-refractivity contribution in [1.82, 2.24) is 9.88 Å². The van der Waals surface area contributed by atoms with Gasteiger partial charge in [-0.05, 0) is 49.1 Å². The number of hydrogen-bond donors (Lipinski definition) is 1. The fourth-order valence-electron chi connectivity index (χ4n) is 5.04. The molecule has 4 heterocycles. The second-order valence-electron chi connectivity index (χ2n) is 8.70. The molecule has 168 valence electrons. The lowest BCUT2D eigenvalue weighted by Crippen LogP contribution is -2.61. The summed E-state index contributed by atoms with van der Waals surface area (Å²) >= 11 is 0. The first-order valence-electron chi connectivity index (χ1n) is 11.0. The van der Waals surface area contributed by atoms with Crippen molar-refractivity contribution in [2.45, 2.75) is 38.1 Å². The molecular formula is C24H27N3O5. The van der Waals surface area contributed by atoms with Crippen molar-refractivity contribution < 1.29 is 24.2 Å². The zero-order valence-electron chi connectivity index (χ0n) is 18.1. The van der Waals surface area contributed by atoms with Gasteiger partial charge in [0, 0.05) is 49.8 Å². The van der Waals surface area contributed by atoms with Gasteiger partial charge in [0.2, 0.25) is 0 Å². The lowest BCUT2D eigenvalue weighted by Gasteiger charge is -2.46. The number of rotatable bonds is 4. The van der Waals surface area contributed by atoms with Crippen LogP contribution in [-0.4, -0.2) is 65.3 Å². The number of aliphatic hydroxyl groups excluding tert-OH is 1. The summed E-state index contributed by atoms with van der Waals surface area (Å²) in [6.07, 6.45) is 3.88. The molecule has 1 unspecified atom stereocenters. The zero-order valence-corrected chi connectivity index (χ0v) is 18.1. The summed E-state index contributed by atoms with van der Waals surface area (Å²) in [6.45, 7) is 5.03. The van der Waals surface area contributed by atoms with Crippen molar-refractivity contribution in [2.75, 3.05) is 37.7 Å². The predicted octanol–water partition coefficient (Wildman–Crippen LogP) is 1.99. The molecule has 0 saturated carbocycles. The molecule has 1 aromatic heterocycles. The van der Waals surface area contributed by atoms with E-state index < -0.39 is 11.7 Å². The summed E-state index contributed by atoms with van der Waals surface area (Å²) in [4.78, 5) is 33.1. The van der Waals surface area contributed by atoms with Crippen LogP contribution in [0.2, 0.25) is 0 Å². The zero-order chi connectivity index (χ0) is 22.3. The van der Waals surface area contributed by atoms with E-state index in [1.807, 2.05) is 25.1 Å². The number of fused-ring (bicyclic) bond motifs is 1. The van der Waals surface area contributed by atoms with E-state index in [-0.39, 0.29) is 18.5 Å². The Hall–Kier alpha value is -2.81. The highest BCUT2D eigenvalue weighted by Gasteiger charge is 2.47. The van der Waals surface area contributed by atoms with Crippen molar-refractivity contribution in [1.29, 1.82) is 0 Å². The Balaban J connectivity index is 1.24. The van der Waals surface area contributed by atoms with Gasteiger partial charge < -0.3 is 24.4 Å². The molecule has 8 nitrogen and oxygen atoms in total. The van der Waals surface area contributed by atoms with Gasteiger partial charge >= 0.3 is 5.97 Å². The number of nitrogens with zero attached hydrogens (tertiary/aromatic N) is 3. The molecular weight excluding hydrogens is 410 g/mol. The first-order valence-corrected chi connectivity index (χ1v) is 11.0. The molecule has 1 spiro atoms. The molecule has 0 aliphatic carbocycles. The third kappa shape index (κ3) is 3.58. The molecule has 8 heteroatoms. The lowest BCUT2D eigenvalue weighted by molar-refractivity contribution is -0.158. The SMILES string of the molecule is Cc1c(C(O)CN2CCC3(CC2)OCCN(c2ccncc2)C3=O)ccc2c1COC2=O. The Morgan fingerprint density at radius 2 is 1.88 bits per heavy atom. The highest BCUT2D eigenvalue weighted by molar-refractivity contribution is 6.00. The first kappa shape index (κ1) is 21.1. The average Bonchev–Trinajstić information content (AvgIpc) is 3.19. The number of piperidine rings is 1. The topological polar surface area (TPSA) is 92.2 Å². The largest absolute Gasteiger partial charge is 0.457 e. The number of aromatic nitrogens is 1. The summed E-state index contributed by atoms with van der Waals surface area (Å²) in [5.41, 5.74) is 3.22. The van der Waals surface area contributed by atoms with E-state index in [0.717, 1.165) is 22.4 Å². The van der Waals surface area contributed by atoms with Gasteiger partial charge in [-0.1, -0.05) is 6.07 Å². The molecule has 0 radical (unpaired) electrons. The Morgan fingerprint density at radius 3 is 2.62 bits per heavy atom. The van der Waals surface area contributed by atoms with E-state index in [1.54, 1.807) is 23.4 Å². The van der Waals surface area contributed by atoms with Crippen LogP contribution in [0.5, 0.6) is 0 Å². The number of esters is 1.